The van der Waals surface area contributed by atoms with E-state index in [-0.39, 0.29) is 24.2 Å². The molecule has 0 radical (unpaired) electrons. The molecule has 8 nitrogen and oxygen atoms in total. The van der Waals surface area contributed by atoms with Gasteiger partial charge in [-0.3, -0.25) is 14.9 Å². The SMILES string of the molecule is CCN(CC)C(=O)CC(=O)Nc1cc2cc(Cl)c3c(c2o1)C1(CCCCC1)NC(=O)N3. The number of anilines is 2. The molecule has 1 saturated carbocycles. The first kappa shape index (κ1) is 21.5. The lowest BCUT2D eigenvalue weighted by molar-refractivity contribution is -0.134. The number of hydrogen-bond donors (Lipinski definition) is 3. The van der Waals surface area contributed by atoms with Gasteiger partial charge in [-0.15, -0.1) is 0 Å². The molecule has 2 heterocycles. The number of nitrogens with zero attached hydrogens (tertiary/aromatic N) is 1. The van der Waals surface area contributed by atoms with Crippen LogP contribution in [0.3, 0.4) is 0 Å². The number of furan rings is 1. The molecule has 3 N–H and O–H groups in total. The minimum atomic E-state index is -0.545. The van der Waals surface area contributed by atoms with Gasteiger partial charge in [-0.1, -0.05) is 30.9 Å². The third kappa shape index (κ3) is 3.96. The molecular formula is C22H27ClN4O4. The Balaban J connectivity index is 1.67. The van der Waals surface area contributed by atoms with Crippen molar-refractivity contribution in [3.8, 4) is 0 Å². The maximum Gasteiger partial charge on any atom is 0.319 e. The molecule has 1 fully saturated rings. The van der Waals surface area contributed by atoms with Crippen molar-refractivity contribution in [2.75, 3.05) is 23.7 Å². The van der Waals surface area contributed by atoms with E-state index in [1.165, 1.54) is 0 Å². The van der Waals surface area contributed by atoms with Gasteiger partial charge in [-0.05, 0) is 32.8 Å². The van der Waals surface area contributed by atoms with Crippen molar-refractivity contribution < 1.29 is 18.8 Å². The minimum Gasteiger partial charge on any atom is -0.440 e. The summed E-state index contributed by atoms with van der Waals surface area (Å²) in [5, 5.41) is 9.77. The Morgan fingerprint density at radius 2 is 1.90 bits per heavy atom. The summed E-state index contributed by atoms with van der Waals surface area (Å²) in [6.07, 6.45) is 4.44. The molecule has 0 atom stereocenters. The van der Waals surface area contributed by atoms with E-state index >= 15 is 0 Å². The van der Waals surface area contributed by atoms with E-state index < -0.39 is 11.4 Å². The van der Waals surface area contributed by atoms with Crippen LogP contribution in [0.5, 0.6) is 0 Å². The molecule has 31 heavy (non-hydrogen) atoms. The van der Waals surface area contributed by atoms with Crippen molar-refractivity contribution in [1.82, 2.24) is 10.2 Å². The van der Waals surface area contributed by atoms with Crippen molar-refractivity contribution in [3.05, 3.63) is 22.7 Å². The first-order valence-corrected chi connectivity index (χ1v) is 11.2. The van der Waals surface area contributed by atoms with E-state index in [9.17, 15) is 14.4 Å². The lowest BCUT2D eigenvalue weighted by Gasteiger charge is -2.42. The molecule has 1 aliphatic carbocycles. The number of fused-ring (bicyclic) bond motifs is 4. The van der Waals surface area contributed by atoms with E-state index in [4.69, 9.17) is 16.0 Å². The molecule has 9 heteroatoms. The second-order valence-corrected chi connectivity index (χ2v) is 8.56. The highest BCUT2D eigenvalue weighted by Crippen LogP contribution is 2.49. The van der Waals surface area contributed by atoms with Gasteiger partial charge in [0.05, 0.1) is 16.2 Å². The average Bonchev–Trinajstić information content (AvgIpc) is 3.10. The fourth-order valence-electron chi connectivity index (χ4n) is 4.75. The molecule has 1 aromatic carbocycles. The summed E-state index contributed by atoms with van der Waals surface area (Å²) in [5.74, 6) is -0.415. The van der Waals surface area contributed by atoms with Gasteiger partial charge in [0.2, 0.25) is 17.7 Å². The molecule has 1 spiro atoms. The van der Waals surface area contributed by atoms with Crippen LogP contribution in [-0.4, -0.2) is 35.8 Å². The van der Waals surface area contributed by atoms with E-state index in [2.05, 4.69) is 16.0 Å². The molecule has 4 amide bonds. The second kappa shape index (κ2) is 8.42. The highest BCUT2D eigenvalue weighted by Gasteiger charge is 2.43. The fourth-order valence-corrected chi connectivity index (χ4v) is 5.01. The van der Waals surface area contributed by atoms with Gasteiger partial charge in [0.1, 0.15) is 12.0 Å². The van der Waals surface area contributed by atoms with Gasteiger partial charge >= 0.3 is 6.03 Å². The van der Waals surface area contributed by atoms with E-state index in [0.29, 0.717) is 29.4 Å². The molecular weight excluding hydrogens is 420 g/mol. The van der Waals surface area contributed by atoms with Crippen molar-refractivity contribution in [2.45, 2.75) is 57.9 Å². The summed E-state index contributed by atoms with van der Waals surface area (Å²) >= 11 is 6.52. The molecule has 166 valence electrons. The Kier molecular flexibility index (Phi) is 5.83. The van der Waals surface area contributed by atoms with Crippen molar-refractivity contribution in [3.63, 3.8) is 0 Å². The van der Waals surface area contributed by atoms with E-state index in [1.807, 2.05) is 13.8 Å². The average molecular weight is 447 g/mol. The lowest BCUT2D eigenvalue weighted by atomic mass is 9.74. The van der Waals surface area contributed by atoms with Crippen molar-refractivity contribution in [1.29, 1.82) is 0 Å². The molecule has 2 aliphatic rings. The number of carbonyl (C=O) groups excluding carboxylic acids is 3. The van der Waals surface area contributed by atoms with Crippen LogP contribution in [-0.2, 0) is 15.1 Å². The number of hydrogen-bond acceptors (Lipinski definition) is 4. The van der Waals surface area contributed by atoms with Gasteiger partial charge in [-0.25, -0.2) is 4.79 Å². The van der Waals surface area contributed by atoms with Crippen LogP contribution in [0.4, 0.5) is 16.4 Å². The topological polar surface area (TPSA) is 104 Å². The van der Waals surface area contributed by atoms with Crippen LogP contribution < -0.4 is 16.0 Å². The zero-order valence-corrected chi connectivity index (χ0v) is 18.5. The van der Waals surface area contributed by atoms with Gasteiger partial charge in [-0.2, -0.15) is 0 Å². The zero-order chi connectivity index (χ0) is 22.2. The van der Waals surface area contributed by atoms with Crippen molar-refractivity contribution in [2.24, 2.45) is 0 Å². The molecule has 0 saturated heterocycles. The number of carbonyl (C=O) groups is 3. The molecule has 1 aromatic heterocycles. The van der Waals surface area contributed by atoms with Crippen LogP contribution in [0.15, 0.2) is 16.5 Å². The van der Waals surface area contributed by atoms with Crippen LogP contribution in [0, 0.1) is 0 Å². The summed E-state index contributed by atoms with van der Waals surface area (Å²) in [7, 11) is 0. The third-order valence-corrected chi connectivity index (χ3v) is 6.52. The largest absolute Gasteiger partial charge is 0.440 e. The number of benzene rings is 1. The van der Waals surface area contributed by atoms with Crippen LogP contribution in [0.1, 0.15) is 57.9 Å². The summed E-state index contributed by atoms with van der Waals surface area (Å²) in [6.45, 7) is 4.86. The molecule has 0 bridgehead atoms. The Morgan fingerprint density at radius 3 is 2.58 bits per heavy atom. The smallest absolute Gasteiger partial charge is 0.319 e. The van der Waals surface area contributed by atoms with Gasteiger partial charge in [0.25, 0.3) is 0 Å². The quantitative estimate of drug-likeness (QED) is 0.585. The van der Waals surface area contributed by atoms with Crippen LogP contribution in [0.2, 0.25) is 5.02 Å². The Morgan fingerprint density at radius 1 is 1.19 bits per heavy atom. The summed E-state index contributed by atoms with van der Waals surface area (Å²) < 4.78 is 6.04. The summed E-state index contributed by atoms with van der Waals surface area (Å²) in [4.78, 5) is 38.6. The number of urea groups is 1. The maximum absolute atomic E-state index is 12.4. The normalized spacial score (nSPS) is 17.1. The fraction of sp³-hybridized carbons (Fsp3) is 0.500. The number of rotatable bonds is 5. The predicted octanol–water partition coefficient (Wildman–Crippen LogP) is 4.58. The van der Waals surface area contributed by atoms with Crippen molar-refractivity contribution >= 4 is 52.0 Å². The lowest BCUT2D eigenvalue weighted by Crippen LogP contribution is -2.52. The Bertz CT molecular complexity index is 1040. The van der Waals surface area contributed by atoms with Crippen LogP contribution in [0.25, 0.3) is 11.0 Å². The summed E-state index contributed by atoms with van der Waals surface area (Å²) in [6, 6.07) is 3.15. The highest BCUT2D eigenvalue weighted by atomic mass is 35.5. The number of amides is 4. The third-order valence-electron chi connectivity index (χ3n) is 6.23. The standard InChI is InChI=1S/C22H27ClN4O4/c1-3-27(4-2)17(29)12-15(28)24-16-11-13-10-14(23)19-18(20(13)31-16)22(26-21(30)25-19)8-6-5-7-9-22/h10-11H,3-9,12H2,1-2H3,(H,24,28)(H2,25,26,30). The van der Waals surface area contributed by atoms with Gasteiger partial charge < -0.3 is 20.0 Å². The number of halogens is 1. The van der Waals surface area contributed by atoms with Gasteiger partial charge in [0, 0.05) is 30.1 Å². The van der Waals surface area contributed by atoms with Gasteiger partial charge in [0.15, 0.2) is 0 Å². The highest BCUT2D eigenvalue weighted by molar-refractivity contribution is 6.35. The molecule has 1 aliphatic heterocycles. The minimum absolute atomic E-state index is 0.230. The second-order valence-electron chi connectivity index (χ2n) is 8.15. The summed E-state index contributed by atoms with van der Waals surface area (Å²) in [5.41, 5.74) is 1.42. The number of nitrogens with one attached hydrogen (secondary N) is 3. The van der Waals surface area contributed by atoms with Crippen LogP contribution >= 0.6 is 11.6 Å². The molecule has 0 unspecified atom stereocenters. The monoisotopic (exact) mass is 446 g/mol. The molecule has 4 rings (SSSR count). The zero-order valence-electron chi connectivity index (χ0n) is 17.8. The molecule has 2 aromatic rings. The first-order valence-electron chi connectivity index (χ1n) is 10.8. The Labute approximate surface area is 185 Å². The van der Waals surface area contributed by atoms with E-state index in [1.54, 1.807) is 17.0 Å². The maximum atomic E-state index is 12.4. The Hall–Kier alpha value is -2.74. The van der Waals surface area contributed by atoms with E-state index in [0.717, 1.165) is 43.1 Å². The predicted molar refractivity (Wildman–Crippen MR) is 119 cm³/mol. The first-order chi connectivity index (χ1) is 14.9.